The first-order valence-corrected chi connectivity index (χ1v) is 39.0. The van der Waals surface area contributed by atoms with E-state index < -0.39 is 0 Å². The molecule has 3 unspecified atom stereocenters. The number of methoxy groups -OCH3 is 2. The maximum absolute atomic E-state index is 9.53. The zero-order valence-corrected chi connectivity index (χ0v) is 64.2. The second kappa shape index (κ2) is 44.4. The summed E-state index contributed by atoms with van der Waals surface area (Å²) in [6.07, 6.45) is 27.9. The van der Waals surface area contributed by atoms with Gasteiger partial charge in [-0.2, -0.15) is 0 Å². The highest BCUT2D eigenvalue weighted by Gasteiger charge is 2.34. The maximum atomic E-state index is 9.53. The van der Waals surface area contributed by atoms with Crippen molar-refractivity contribution in [3.8, 4) is 11.5 Å². The van der Waals surface area contributed by atoms with Crippen molar-refractivity contribution in [2.45, 2.75) is 280 Å². The fourth-order valence-electron chi connectivity index (χ4n) is 14.9. The third-order valence-corrected chi connectivity index (χ3v) is 23.8. The van der Waals surface area contributed by atoms with Gasteiger partial charge in [-0.3, -0.25) is 18.9 Å². The van der Waals surface area contributed by atoms with Gasteiger partial charge < -0.3 is 69.0 Å². The molecule has 2 aromatic carbocycles. The molecule has 96 heavy (non-hydrogen) atoms. The zero-order valence-electron chi connectivity index (χ0n) is 60.8. The summed E-state index contributed by atoms with van der Waals surface area (Å²) in [5.41, 5.74) is 2.47. The van der Waals surface area contributed by atoms with Crippen LogP contribution in [-0.2, 0) is 28.4 Å². The van der Waals surface area contributed by atoms with Gasteiger partial charge in [-0.1, -0.05) is 91.3 Å². The maximum Gasteiger partial charge on any atom is 0.119 e. The Morgan fingerprint density at radius 2 is 0.698 bits per heavy atom. The average Bonchev–Trinajstić information content (AvgIpc) is 2.02. The molecule has 4 saturated carbocycles. The lowest BCUT2D eigenvalue weighted by molar-refractivity contribution is 0.00235. The third kappa shape index (κ3) is 30.9. The molecular weight excluding hydrogens is 1270 g/mol. The molecule has 15 atom stereocenters. The van der Waals surface area contributed by atoms with Gasteiger partial charge in [0.1, 0.15) is 24.7 Å². The van der Waals surface area contributed by atoms with Crippen molar-refractivity contribution in [1.29, 1.82) is 0 Å². The van der Waals surface area contributed by atoms with E-state index in [4.69, 9.17) is 37.9 Å². The van der Waals surface area contributed by atoms with Crippen LogP contribution in [0.2, 0.25) is 0 Å². The Labute approximate surface area is 588 Å². The summed E-state index contributed by atoms with van der Waals surface area (Å²) in [6.45, 7) is 23.0. The van der Waals surface area contributed by atoms with E-state index in [9.17, 15) is 20.4 Å². The molecule has 10 aliphatic rings. The SMILES string of the molecule is CC1CCC(OC[C@@H]2C[C@H](O)CN2)CC1.CC1CCC(OC[C@@H]2C[C@H](O)CN2P)CC1.CO[C@H]1C[C@@H](COC2CCC(C)CC2)N(P)C1.CO[C@H]1C[C@@H](COC2CCC(C)CC2)N(P)C1.Cc1ccc(OC[C@@H]2C[C@H](O)CN2)cc1.Cc1ccc(OC[C@@H]2C[C@H](O)CN2C)cc1. The number of nitrogens with one attached hydrogen (secondary N) is 2. The van der Waals surface area contributed by atoms with Crippen LogP contribution in [-0.4, -0.2) is 237 Å². The normalized spacial score (nSPS) is 35.8. The molecule has 6 N–H and O–H groups in total. The highest BCUT2D eigenvalue weighted by Crippen LogP contribution is 2.33. The quantitative estimate of drug-likeness (QED) is 0.0686. The number of hydrogen-bond donors (Lipinski definition) is 6. The van der Waals surface area contributed by atoms with Gasteiger partial charge in [0.25, 0.3) is 0 Å². The molecule has 6 aliphatic heterocycles. The van der Waals surface area contributed by atoms with Crippen LogP contribution < -0.4 is 20.1 Å². The number of ether oxygens (including phenoxy) is 8. The molecule has 0 radical (unpaired) electrons. The summed E-state index contributed by atoms with van der Waals surface area (Å²) >= 11 is 0. The Hall–Kier alpha value is -1.31. The zero-order chi connectivity index (χ0) is 68.9. The molecule has 0 bridgehead atoms. The molecule has 6 heterocycles. The summed E-state index contributed by atoms with van der Waals surface area (Å²) in [5, 5.41) is 44.2. The van der Waals surface area contributed by atoms with Gasteiger partial charge in [-0.05, 0) is 210 Å². The summed E-state index contributed by atoms with van der Waals surface area (Å²) in [6, 6.07) is 18.5. The highest BCUT2D eigenvalue weighted by atomic mass is 31.0. The minimum Gasteiger partial charge on any atom is -0.492 e. The fraction of sp³-hybridized carbons (Fsp3) is 0.840. The van der Waals surface area contributed by atoms with Gasteiger partial charge in [0.05, 0.1) is 87.5 Å². The molecule has 0 spiro atoms. The van der Waals surface area contributed by atoms with E-state index in [1.165, 1.54) is 114 Å². The van der Waals surface area contributed by atoms with Crippen molar-refractivity contribution in [2.24, 2.45) is 23.7 Å². The Kier molecular flexibility index (Phi) is 37.9. The van der Waals surface area contributed by atoms with Crippen LogP contribution >= 0.6 is 28.2 Å². The number of aliphatic hydroxyl groups is 4. The Morgan fingerprint density at radius 1 is 0.375 bits per heavy atom. The molecule has 21 heteroatoms. The summed E-state index contributed by atoms with van der Waals surface area (Å²) in [4.78, 5) is 2.15. The topological polar surface area (TPSA) is 192 Å². The van der Waals surface area contributed by atoms with Gasteiger partial charge in [0.2, 0.25) is 0 Å². The van der Waals surface area contributed by atoms with Gasteiger partial charge in [0, 0.05) is 89.7 Å². The summed E-state index contributed by atoms with van der Waals surface area (Å²) in [7, 11) is 13.9. The second-order valence-electron chi connectivity index (χ2n) is 30.7. The predicted molar refractivity (Wildman–Crippen MR) is 397 cm³/mol. The van der Waals surface area contributed by atoms with Crippen LogP contribution in [0.15, 0.2) is 48.5 Å². The molecule has 10 fully saturated rings. The highest BCUT2D eigenvalue weighted by molar-refractivity contribution is 7.13. The minimum absolute atomic E-state index is 0.162. The van der Waals surface area contributed by atoms with E-state index in [-0.39, 0.29) is 30.5 Å². The molecule has 552 valence electrons. The van der Waals surface area contributed by atoms with E-state index >= 15 is 0 Å². The molecular formula is C75H135N6O12P3. The number of likely N-dealkylation sites (tertiary alicyclic amines) is 1. The number of likely N-dealkylation sites (N-methyl/N-ethyl adjacent to an activating group) is 1. The van der Waals surface area contributed by atoms with Crippen LogP contribution in [0.25, 0.3) is 0 Å². The van der Waals surface area contributed by atoms with Crippen molar-refractivity contribution >= 4 is 28.2 Å². The number of rotatable bonds is 20. The lowest BCUT2D eigenvalue weighted by atomic mass is 9.89. The van der Waals surface area contributed by atoms with E-state index in [2.05, 4.69) is 99.3 Å². The van der Waals surface area contributed by atoms with Gasteiger partial charge in [-0.15, -0.1) is 0 Å². The van der Waals surface area contributed by atoms with E-state index in [1.807, 2.05) is 55.6 Å². The van der Waals surface area contributed by atoms with Gasteiger partial charge >= 0.3 is 0 Å². The average molecular weight is 1410 g/mol. The molecule has 0 amide bonds. The number of benzene rings is 2. The first-order valence-electron chi connectivity index (χ1n) is 37.5. The molecule has 0 aromatic heterocycles. The van der Waals surface area contributed by atoms with Crippen molar-refractivity contribution in [2.75, 3.05) is 100 Å². The van der Waals surface area contributed by atoms with Crippen LogP contribution in [0.1, 0.15) is 180 Å². The molecule has 6 saturated heterocycles. The van der Waals surface area contributed by atoms with Crippen molar-refractivity contribution in [1.82, 2.24) is 29.5 Å². The standard InChI is InChI=1S/2C13H26NO2P.C13H19NO2.C12H24NO2P.C12H23NO2.C12H17NO2/c2*1-10-3-5-12(6-4-10)16-9-11-7-13(15-2)8-14(11)17;1-10-3-5-13(6-4-10)16-9-11-7-12(15)8-14(11)2;1-9-2-4-12(5-3-9)15-8-10-6-11(14)7-13(10)16;2*1-9-2-4-12(5-3-9)15-8-10-6-11(14)7-13-10/h2*10-13H,3-9,17H2,1-2H3;3-6,11-12,15H,7-9H2,1-2H3;9-12,14H,2-8,16H2,1H3;9-14H,2-8H2,1H3;2-5,10-11,13-14H,6-8H2,1H3/t2*10?,11-,12?,13-;11-,12-;2*9?,10-,11-,12?;10-,11-/m000000/s1. The number of aliphatic hydroxyl groups excluding tert-OH is 4. The van der Waals surface area contributed by atoms with Crippen LogP contribution in [0.3, 0.4) is 0 Å². The number of aryl methyl sites for hydroxylation is 2. The smallest absolute Gasteiger partial charge is 0.119 e. The van der Waals surface area contributed by atoms with Crippen LogP contribution in [0.5, 0.6) is 11.5 Å². The number of hydrogen-bond acceptors (Lipinski definition) is 18. The van der Waals surface area contributed by atoms with Crippen molar-refractivity contribution in [3.63, 3.8) is 0 Å². The van der Waals surface area contributed by atoms with Gasteiger partial charge in [0.15, 0.2) is 0 Å². The van der Waals surface area contributed by atoms with Crippen molar-refractivity contribution in [3.05, 3.63) is 59.7 Å². The Bertz CT molecular complexity index is 2290. The largest absolute Gasteiger partial charge is 0.492 e. The second-order valence-corrected chi connectivity index (χ2v) is 32.7. The Morgan fingerprint density at radius 3 is 1.01 bits per heavy atom. The number of nitrogens with zero attached hydrogens (tertiary/aromatic N) is 4. The first kappa shape index (κ1) is 82.0. The molecule has 4 aliphatic carbocycles. The lowest BCUT2D eigenvalue weighted by Crippen LogP contribution is -2.30. The third-order valence-electron chi connectivity index (χ3n) is 21.9. The fourth-order valence-corrected chi connectivity index (χ4v) is 16.2. The summed E-state index contributed by atoms with van der Waals surface area (Å²) in [5.74, 6) is 5.36. The summed E-state index contributed by atoms with van der Waals surface area (Å²) < 4.78 is 52.9. The molecule has 12 rings (SSSR count). The Balaban J connectivity index is 0.000000163. The van der Waals surface area contributed by atoms with E-state index in [1.54, 1.807) is 14.2 Å². The molecule has 2 aromatic rings. The van der Waals surface area contributed by atoms with E-state index in [0.717, 1.165) is 133 Å². The van der Waals surface area contributed by atoms with Crippen LogP contribution in [0, 0.1) is 37.5 Å². The lowest BCUT2D eigenvalue weighted by Gasteiger charge is -2.28. The minimum atomic E-state index is -0.211. The predicted octanol–water partition coefficient (Wildman–Crippen LogP) is 10.6. The molecule has 18 nitrogen and oxygen atoms in total. The number of β-amino-alcohol motifs (C(OH)–C–C–N with tert-alkyl or cyclic N) is 4. The van der Waals surface area contributed by atoms with Gasteiger partial charge in [-0.25, -0.2) is 0 Å². The van der Waals surface area contributed by atoms with E-state index in [0.29, 0.717) is 86.6 Å². The first-order chi connectivity index (χ1) is 46.1. The van der Waals surface area contributed by atoms with Crippen molar-refractivity contribution < 1.29 is 58.3 Å². The van der Waals surface area contributed by atoms with Crippen LogP contribution in [0.4, 0.5) is 0 Å². The monoisotopic (exact) mass is 1400 g/mol.